The van der Waals surface area contributed by atoms with Crippen molar-refractivity contribution in [3.8, 4) is 5.75 Å². The molecular weight excluding hydrogens is 258 g/mol. The predicted molar refractivity (Wildman–Crippen MR) is 75.9 cm³/mol. The summed E-state index contributed by atoms with van der Waals surface area (Å²) in [6.45, 7) is 3.98. The first kappa shape index (κ1) is 15.3. The monoisotopic (exact) mass is 281 g/mol. The lowest BCUT2D eigenvalue weighted by Gasteiger charge is -2.22. The molecule has 0 spiro atoms. The normalized spacial score (nSPS) is 23.8. The molecule has 2 atom stereocenters. The smallest absolute Gasteiger partial charge is 0.119 e. The third kappa shape index (κ3) is 4.76. The molecule has 1 aromatic carbocycles. The van der Waals surface area contributed by atoms with E-state index in [4.69, 9.17) is 9.47 Å². The number of hydrogen-bond acceptors (Lipinski definition) is 5. The zero-order valence-corrected chi connectivity index (χ0v) is 11.8. The maximum Gasteiger partial charge on any atom is 0.119 e. The summed E-state index contributed by atoms with van der Waals surface area (Å²) < 4.78 is 10.7. The van der Waals surface area contributed by atoms with Crippen molar-refractivity contribution in [1.29, 1.82) is 0 Å². The van der Waals surface area contributed by atoms with E-state index in [9.17, 15) is 10.2 Å². The second kappa shape index (κ2) is 7.04. The van der Waals surface area contributed by atoms with Gasteiger partial charge in [-0.25, -0.2) is 0 Å². The summed E-state index contributed by atoms with van der Waals surface area (Å²) in [6.07, 6.45) is 0.0250. The first-order chi connectivity index (χ1) is 9.57. The van der Waals surface area contributed by atoms with Crippen LogP contribution in [0.1, 0.15) is 12.0 Å². The van der Waals surface area contributed by atoms with Gasteiger partial charge >= 0.3 is 0 Å². The van der Waals surface area contributed by atoms with Gasteiger partial charge in [-0.15, -0.1) is 0 Å². The number of hydrogen-bond donors (Lipinski definition) is 3. The Bertz CT molecular complexity index is 418. The Kier molecular flexibility index (Phi) is 5.37. The van der Waals surface area contributed by atoms with Crippen LogP contribution in [0.3, 0.4) is 0 Å². The summed E-state index contributed by atoms with van der Waals surface area (Å²) in [5.74, 6) is 0.756. The number of ether oxygens (including phenoxy) is 2. The summed E-state index contributed by atoms with van der Waals surface area (Å²) in [6, 6.07) is 7.71. The molecule has 1 heterocycles. The number of rotatable bonds is 7. The molecule has 1 saturated heterocycles. The van der Waals surface area contributed by atoms with Gasteiger partial charge in [-0.3, -0.25) is 0 Å². The van der Waals surface area contributed by atoms with Crippen molar-refractivity contribution in [1.82, 2.24) is 5.32 Å². The fourth-order valence-electron chi connectivity index (χ4n) is 2.16. The summed E-state index contributed by atoms with van der Waals surface area (Å²) in [5, 5.41) is 22.9. The predicted octanol–water partition coefficient (Wildman–Crippen LogP) is 0.476. The van der Waals surface area contributed by atoms with Gasteiger partial charge in [0, 0.05) is 26.1 Å². The molecule has 0 amide bonds. The van der Waals surface area contributed by atoms with Crippen LogP contribution in [-0.2, 0) is 4.74 Å². The molecule has 1 aliphatic heterocycles. The molecule has 20 heavy (non-hydrogen) atoms. The molecule has 0 aromatic heterocycles. The number of aliphatic hydroxyl groups excluding tert-OH is 1. The molecule has 0 bridgehead atoms. The van der Waals surface area contributed by atoms with Crippen LogP contribution in [0, 0.1) is 6.92 Å². The van der Waals surface area contributed by atoms with Crippen LogP contribution in [0.5, 0.6) is 5.75 Å². The minimum absolute atomic E-state index is 0.228. The van der Waals surface area contributed by atoms with E-state index < -0.39 is 11.7 Å². The van der Waals surface area contributed by atoms with E-state index in [0.29, 0.717) is 32.7 Å². The van der Waals surface area contributed by atoms with Crippen LogP contribution in [0.4, 0.5) is 0 Å². The number of aryl methyl sites for hydroxylation is 1. The van der Waals surface area contributed by atoms with Crippen molar-refractivity contribution in [3.63, 3.8) is 0 Å². The summed E-state index contributed by atoms with van der Waals surface area (Å²) in [5.41, 5.74) is 0.329. The van der Waals surface area contributed by atoms with E-state index in [-0.39, 0.29) is 6.61 Å². The molecule has 5 heteroatoms. The topological polar surface area (TPSA) is 71.0 Å². The fourth-order valence-corrected chi connectivity index (χ4v) is 2.16. The van der Waals surface area contributed by atoms with Crippen molar-refractivity contribution in [2.45, 2.75) is 25.0 Å². The largest absolute Gasteiger partial charge is 0.491 e. The van der Waals surface area contributed by atoms with Crippen molar-refractivity contribution >= 4 is 0 Å². The van der Waals surface area contributed by atoms with E-state index in [2.05, 4.69) is 5.32 Å². The van der Waals surface area contributed by atoms with Crippen LogP contribution in [0.2, 0.25) is 0 Å². The van der Waals surface area contributed by atoms with Gasteiger partial charge in [0.25, 0.3) is 0 Å². The van der Waals surface area contributed by atoms with Crippen LogP contribution in [0.25, 0.3) is 0 Å². The zero-order chi connectivity index (χ0) is 14.4. The molecule has 1 aromatic rings. The standard InChI is InChI=1S/C15H23NO4/c1-12-3-2-4-14(7-12)20-9-13(17)8-16-10-15(18)5-6-19-11-15/h2-4,7,13,16-18H,5-6,8-11H2,1H3. The molecule has 0 aliphatic carbocycles. The average molecular weight is 281 g/mol. The highest BCUT2D eigenvalue weighted by atomic mass is 16.5. The molecule has 3 N–H and O–H groups in total. The van der Waals surface area contributed by atoms with E-state index in [1.807, 2.05) is 31.2 Å². The van der Waals surface area contributed by atoms with Gasteiger partial charge in [0.15, 0.2) is 0 Å². The Morgan fingerprint density at radius 1 is 1.50 bits per heavy atom. The van der Waals surface area contributed by atoms with Crippen LogP contribution < -0.4 is 10.1 Å². The van der Waals surface area contributed by atoms with Gasteiger partial charge < -0.3 is 25.0 Å². The van der Waals surface area contributed by atoms with Gasteiger partial charge in [-0.05, 0) is 24.6 Å². The van der Waals surface area contributed by atoms with Gasteiger partial charge in [-0.1, -0.05) is 12.1 Å². The van der Waals surface area contributed by atoms with Crippen molar-refractivity contribution in [2.75, 3.05) is 32.9 Å². The maximum absolute atomic E-state index is 10.0. The van der Waals surface area contributed by atoms with Gasteiger partial charge in [-0.2, -0.15) is 0 Å². The van der Waals surface area contributed by atoms with Gasteiger partial charge in [0.1, 0.15) is 24.1 Å². The van der Waals surface area contributed by atoms with E-state index in [1.165, 1.54) is 0 Å². The highest BCUT2D eigenvalue weighted by molar-refractivity contribution is 5.27. The molecular formula is C15H23NO4. The van der Waals surface area contributed by atoms with E-state index in [0.717, 1.165) is 11.3 Å². The average Bonchev–Trinajstić information content (AvgIpc) is 2.83. The van der Waals surface area contributed by atoms with Crippen molar-refractivity contribution in [3.05, 3.63) is 29.8 Å². The first-order valence-corrected chi connectivity index (χ1v) is 6.96. The Balaban J connectivity index is 1.64. The van der Waals surface area contributed by atoms with E-state index >= 15 is 0 Å². The van der Waals surface area contributed by atoms with Crippen molar-refractivity contribution in [2.24, 2.45) is 0 Å². The second-order valence-electron chi connectivity index (χ2n) is 5.44. The Hall–Kier alpha value is -1.14. The maximum atomic E-state index is 10.0. The zero-order valence-electron chi connectivity index (χ0n) is 11.8. The highest BCUT2D eigenvalue weighted by Gasteiger charge is 2.31. The number of benzene rings is 1. The number of aliphatic hydroxyl groups is 2. The van der Waals surface area contributed by atoms with Crippen LogP contribution >= 0.6 is 0 Å². The lowest BCUT2D eigenvalue weighted by molar-refractivity contribution is 0.0226. The lowest BCUT2D eigenvalue weighted by atomic mass is 10.0. The van der Waals surface area contributed by atoms with Gasteiger partial charge in [0.05, 0.1) is 6.61 Å². The summed E-state index contributed by atoms with van der Waals surface area (Å²) in [7, 11) is 0. The van der Waals surface area contributed by atoms with Crippen molar-refractivity contribution < 1.29 is 19.7 Å². The SMILES string of the molecule is Cc1cccc(OCC(O)CNCC2(O)CCOC2)c1. The summed E-state index contributed by atoms with van der Waals surface area (Å²) >= 11 is 0. The lowest BCUT2D eigenvalue weighted by Crippen LogP contribution is -2.44. The Morgan fingerprint density at radius 3 is 3.05 bits per heavy atom. The highest BCUT2D eigenvalue weighted by Crippen LogP contribution is 2.17. The molecule has 1 fully saturated rings. The molecule has 2 rings (SSSR count). The Labute approximate surface area is 119 Å². The molecule has 1 aliphatic rings. The van der Waals surface area contributed by atoms with Gasteiger partial charge in [0.2, 0.25) is 0 Å². The molecule has 0 radical (unpaired) electrons. The number of nitrogens with one attached hydrogen (secondary N) is 1. The minimum Gasteiger partial charge on any atom is -0.491 e. The third-order valence-electron chi connectivity index (χ3n) is 3.35. The molecule has 0 saturated carbocycles. The first-order valence-electron chi connectivity index (χ1n) is 6.96. The Morgan fingerprint density at radius 2 is 2.35 bits per heavy atom. The fraction of sp³-hybridized carbons (Fsp3) is 0.600. The van der Waals surface area contributed by atoms with Crippen LogP contribution in [0.15, 0.2) is 24.3 Å². The van der Waals surface area contributed by atoms with E-state index in [1.54, 1.807) is 0 Å². The second-order valence-corrected chi connectivity index (χ2v) is 5.44. The summed E-state index contributed by atoms with van der Waals surface area (Å²) in [4.78, 5) is 0. The van der Waals surface area contributed by atoms with Crippen LogP contribution in [-0.4, -0.2) is 54.8 Å². The molecule has 5 nitrogen and oxygen atoms in total. The third-order valence-corrected chi connectivity index (χ3v) is 3.35. The molecule has 2 unspecified atom stereocenters. The molecule has 112 valence electrons. The quantitative estimate of drug-likeness (QED) is 0.678. The minimum atomic E-state index is -0.795.